The first kappa shape index (κ1) is 25.4. The zero-order chi connectivity index (χ0) is 27.2. The average molecular weight is 574 g/mol. The second-order valence-electron chi connectivity index (χ2n) is 10.5. The molecule has 4 aromatic heterocycles. The second kappa shape index (κ2) is 10.4. The fourth-order valence-corrected chi connectivity index (χ4v) is 7.39. The average Bonchev–Trinajstić information content (AvgIpc) is 3.73. The molecule has 2 aliphatic heterocycles. The summed E-state index contributed by atoms with van der Waals surface area (Å²) in [4.78, 5) is 46.2. The molecule has 9 nitrogen and oxygen atoms in total. The fourth-order valence-electron chi connectivity index (χ4n) is 5.93. The standard InChI is InChI=1S/C29H28ClN7O2S/c30-19-3-5-22-23(15-19)40-29-25(28(39)33-10-14-35-11-1-2-12-35)26(38)20-4-6-24(34-27(20)37(22)29)36-13-7-18(17-36)21-16-31-8-9-32-21/h3-6,8-9,15-16,18H,1-2,7,10-14,17H2,(H,33,39). The Labute approximate surface area is 239 Å². The summed E-state index contributed by atoms with van der Waals surface area (Å²) >= 11 is 7.72. The molecule has 6 heterocycles. The molecule has 2 fully saturated rings. The summed E-state index contributed by atoms with van der Waals surface area (Å²) in [7, 11) is 0. The molecule has 2 aliphatic rings. The van der Waals surface area contributed by atoms with E-state index in [-0.39, 0.29) is 22.8 Å². The number of carbonyl (C=O) groups excluding carboxylic acids is 1. The minimum absolute atomic E-state index is 0.157. The van der Waals surface area contributed by atoms with Crippen LogP contribution in [0.3, 0.4) is 0 Å². The Hall–Kier alpha value is -3.60. The maximum absolute atomic E-state index is 13.8. The van der Waals surface area contributed by atoms with Crippen molar-refractivity contribution >= 4 is 60.7 Å². The minimum Gasteiger partial charge on any atom is -0.356 e. The molecule has 204 valence electrons. The van der Waals surface area contributed by atoms with E-state index in [2.05, 4.69) is 25.1 Å². The number of rotatable bonds is 6. The molecule has 0 spiro atoms. The van der Waals surface area contributed by atoms with Crippen LogP contribution >= 0.6 is 22.9 Å². The molecule has 7 rings (SSSR count). The third kappa shape index (κ3) is 4.49. The Balaban J connectivity index is 1.30. The highest BCUT2D eigenvalue weighted by Gasteiger charge is 2.28. The molecule has 1 atom stereocenters. The number of nitrogens with zero attached hydrogens (tertiary/aromatic N) is 6. The number of halogens is 1. The van der Waals surface area contributed by atoms with Gasteiger partial charge in [0, 0.05) is 55.7 Å². The van der Waals surface area contributed by atoms with Crippen LogP contribution in [-0.2, 0) is 0 Å². The van der Waals surface area contributed by atoms with E-state index < -0.39 is 0 Å². The first-order valence-electron chi connectivity index (χ1n) is 13.7. The number of fused-ring (bicyclic) bond motifs is 5. The van der Waals surface area contributed by atoms with Crippen LogP contribution in [0.25, 0.3) is 26.1 Å². The van der Waals surface area contributed by atoms with Gasteiger partial charge >= 0.3 is 0 Å². The molecule has 1 N–H and O–H groups in total. The van der Waals surface area contributed by atoms with Gasteiger partial charge in [0.15, 0.2) is 5.65 Å². The highest BCUT2D eigenvalue weighted by Crippen LogP contribution is 2.34. The lowest BCUT2D eigenvalue weighted by Gasteiger charge is -2.18. The fraction of sp³-hybridized carbons (Fsp3) is 0.345. The zero-order valence-corrected chi connectivity index (χ0v) is 23.4. The number of pyridine rings is 2. The highest BCUT2D eigenvalue weighted by atomic mass is 35.5. The van der Waals surface area contributed by atoms with Gasteiger partial charge in [0.2, 0.25) is 5.43 Å². The van der Waals surface area contributed by atoms with E-state index in [9.17, 15) is 9.59 Å². The first-order chi connectivity index (χ1) is 19.6. The van der Waals surface area contributed by atoms with Gasteiger partial charge in [-0.25, -0.2) is 4.98 Å². The number of aromatic nitrogens is 4. The zero-order valence-electron chi connectivity index (χ0n) is 21.8. The number of anilines is 1. The monoisotopic (exact) mass is 573 g/mol. The molecule has 5 aromatic rings. The maximum Gasteiger partial charge on any atom is 0.258 e. The lowest BCUT2D eigenvalue weighted by atomic mass is 10.1. The number of amides is 1. The molecule has 0 bridgehead atoms. The Bertz CT molecular complexity index is 1800. The SMILES string of the molecule is O=C(NCCN1CCCC1)c1c(=O)c2ccc(N3CCC(c4cnccn4)C3)nc2n2c1sc1cc(Cl)ccc12. The molecule has 1 amide bonds. The molecule has 2 saturated heterocycles. The van der Waals surface area contributed by atoms with Gasteiger partial charge in [-0.15, -0.1) is 11.3 Å². The number of nitrogens with one attached hydrogen (secondary N) is 1. The van der Waals surface area contributed by atoms with Gasteiger partial charge in [-0.3, -0.25) is 24.0 Å². The molecule has 40 heavy (non-hydrogen) atoms. The summed E-state index contributed by atoms with van der Waals surface area (Å²) in [6.07, 6.45) is 8.57. The van der Waals surface area contributed by atoms with Crippen LogP contribution in [0.5, 0.6) is 0 Å². The smallest absolute Gasteiger partial charge is 0.258 e. The number of hydrogen-bond donors (Lipinski definition) is 1. The van der Waals surface area contributed by atoms with E-state index in [1.165, 1.54) is 24.2 Å². The summed E-state index contributed by atoms with van der Waals surface area (Å²) in [6, 6.07) is 9.31. The van der Waals surface area contributed by atoms with Gasteiger partial charge in [-0.05, 0) is 62.7 Å². The van der Waals surface area contributed by atoms with Crippen LogP contribution in [0.15, 0.2) is 53.7 Å². The van der Waals surface area contributed by atoms with Crippen molar-refractivity contribution < 1.29 is 4.79 Å². The lowest BCUT2D eigenvalue weighted by Crippen LogP contribution is -2.35. The summed E-state index contributed by atoms with van der Waals surface area (Å²) in [6.45, 7) is 4.99. The maximum atomic E-state index is 13.8. The number of thiazole rings is 1. The van der Waals surface area contributed by atoms with E-state index in [1.807, 2.05) is 40.9 Å². The Kier molecular flexibility index (Phi) is 6.61. The van der Waals surface area contributed by atoms with E-state index in [0.29, 0.717) is 27.4 Å². The van der Waals surface area contributed by atoms with Crippen molar-refractivity contribution in [3.63, 3.8) is 0 Å². The van der Waals surface area contributed by atoms with Gasteiger partial charge < -0.3 is 15.1 Å². The van der Waals surface area contributed by atoms with Crippen LogP contribution in [0.2, 0.25) is 5.02 Å². The molecule has 11 heteroatoms. The molecule has 1 aromatic carbocycles. The molecule has 0 radical (unpaired) electrons. The van der Waals surface area contributed by atoms with E-state index in [1.54, 1.807) is 12.4 Å². The van der Waals surface area contributed by atoms with Gasteiger partial charge in [0.1, 0.15) is 16.2 Å². The van der Waals surface area contributed by atoms with Gasteiger partial charge in [-0.1, -0.05) is 11.6 Å². The normalized spacial score (nSPS) is 17.9. The third-order valence-corrected chi connectivity index (χ3v) is 9.35. The topological polar surface area (TPSA) is 95.7 Å². The van der Waals surface area contributed by atoms with Crippen molar-refractivity contribution in [1.29, 1.82) is 0 Å². The van der Waals surface area contributed by atoms with E-state index in [4.69, 9.17) is 16.6 Å². The number of carbonyl (C=O) groups is 1. The van der Waals surface area contributed by atoms with Gasteiger partial charge in [-0.2, -0.15) is 0 Å². The van der Waals surface area contributed by atoms with Crippen molar-refractivity contribution in [3.05, 3.63) is 75.4 Å². The van der Waals surface area contributed by atoms with Crippen LogP contribution in [-0.4, -0.2) is 69.4 Å². The molecule has 0 saturated carbocycles. The number of benzene rings is 1. The Morgan fingerprint density at radius 3 is 2.83 bits per heavy atom. The Morgan fingerprint density at radius 2 is 2.00 bits per heavy atom. The van der Waals surface area contributed by atoms with Crippen molar-refractivity contribution in [2.45, 2.75) is 25.2 Å². The van der Waals surface area contributed by atoms with Crippen molar-refractivity contribution in [2.24, 2.45) is 0 Å². The number of likely N-dealkylation sites (tertiary alicyclic amines) is 1. The summed E-state index contributed by atoms with van der Waals surface area (Å²) < 4.78 is 2.84. The quantitative estimate of drug-likeness (QED) is 0.323. The van der Waals surface area contributed by atoms with Gasteiger partial charge in [0.05, 0.1) is 21.3 Å². The lowest BCUT2D eigenvalue weighted by molar-refractivity contribution is 0.0950. The minimum atomic E-state index is -0.350. The molecular weight excluding hydrogens is 546 g/mol. The van der Waals surface area contributed by atoms with E-state index in [0.717, 1.165) is 60.9 Å². The predicted molar refractivity (Wildman–Crippen MR) is 159 cm³/mol. The first-order valence-corrected chi connectivity index (χ1v) is 14.9. The summed E-state index contributed by atoms with van der Waals surface area (Å²) in [5, 5.41) is 4.02. The van der Waals surface area contributed by atoms with Crippen molar-refractivity contribution in [2.75, 3.05) is 44.2 Å². The van der Waals surface area contributed by atoms with Crippen LogP contribution < -0.4 is 15.6 Å². The largest absolute Gasteiger partial charge is 0.356 e. The van der Waals surface area contributed by atoms with Crippen LogP contribution in [0.4, 0.5) is 5.82 Å². The van der Waals surface area contributed by atoms with Crippen molar-refractivity contribution in [1.82, 2.24) is 29.6 Å². The molecule has 1 unspecified atom stereocenters. The Morgan fingerprint density at radius 1 is 1.12 bits per heavy atom. The predicted octanol–water partition coefficient (Wildman–Crippen LogP) is 4.33. The third-order valence-electron chi connectivity index (χ3n) is 7.98. The highest BCUT2D eigenvalue weighted by molar-refractivity contribution is 7.24. The van der Waals surface area contributed by atoms with Gasteiger partial charge in [0.25, 0.3) is 5.91 Å². The summed E-state index contributed by atoms with van der Waals surface area (Å²) in [5.74, 6) is 0.713. The second-order valence-corrected chi connectivity index (χ2v) is 11.9. The van der Waals surface area contributed by atoms with Crippen LogP contribution in [0, 0.1) is 0 Å². The summed E-state index contributed by atoms with van der Waals surface area (Å²) in [5.41, 5.74) is 2.24. The van der Waals surface area contributed by atoms with E-state index >= 15 is 0 Å². The van der Waals surface area contributed by atoms with Crippen LogP contribution in [0.1, 0.15) is 41.2 Å². The molecular formula is C29H28ClN7O2S. The number of hydrogen-bond acceptors (Lipinski definition) is 8. The van der Waals surface area contributed by atoms with Crippen molar-refractivity contribution in [3.8, 4) is 0 Å². The molecule has 0 aliphatic carbocycles.